The summed E-state index contributed by atoms with van der Waals surface area (Å²) in [6.07, 6.45) is 0. The van der Waals surface area contributed by atoms with Gasteiger partial charge in [-0.2, -0.15) is 0 Å². The zero-order chi connectivity index (χ0) is 14.4. The minimum absolute atomic E-state index is 0.0878. The fourth-order valence-electron chi connectivity index (χ4n) is 1.83. The molecule has 0 spiro atoms. The zero-order valence-electron chi connectivity index (χ0n) is 9.65. The second kappa shape index (κ2) is 4.68. The van der Waals surface area contributed by atoms with Gasteiger partial charge in [0.15, 0.2) is 17.5 Å². The molecule has 0 radical (unpaired) electrons. The van der Waals surface area contributed by atoms with Crippen molar-refractivity contribution in [3.05, 3.63) is 51.8 Å². The molecule has 102 valence electrons. The normalized spacial score (nSPS) is 11.2. The van der Waals surface area contributed by atoms with Crippen LogP contribution in [0.5, 0.6) is 0 Å². The van der Waals surface area contributed by atoms with E-state index in [9.17, 15) is 13.2 Å². The molecule has 2 aromatic carbocycles. The van der Waals surface area contributed by atoms with E-state index in [1.807, 2.05) is 0 Å². The lowest BCUT2D eigenvalue weighted by Gasteiger charge is -1.99. The standard InChI is InChI=1S/C13H5Cl2F3N2/c14-6-3-10-11(4-7(6)15)20-13(19-10)5-1-8(16)12(18)9(17)2-5/h1-4H,(H,19,20). The number of nitrogens with one attached hydrogen (secondary N) is 1. The van der Waals surface area contributed by atoms with Gasteiger partial charge in [0, 0.05) is 5.56 Å². The largest absolute Gasteiger partial charge is 0.338 e. The van der Waals surface area contributed by atoms with Crippen molar-refractivity contribution >= 4 is 34.2 Å². The average molecular weight is 317 g/mol. The van der Waals surface area contributed by atoms with Crippen LogP contribution in [0.4, 0.5) is 13.2 Å². The molecule has 0 bridgehead atoms. The van der Waals surface area contributed by atoms with E-state index in [1.54, 1.807) is 6.07 Å². The number of H-pyrrole nitrogens is 1. The van der Waals surface area contributed by atoms with Crippen molar-refractivity contribution in [3.8, 4) is 11.4 Å². The number of nitrogens with zero attached hydrogens (tertiary/aromatic N) is 1. The van der Waals surface area contributed by atoms with E-state index in [4.69, 9.17) is 23.2 Å². The predicted molar refractivity (Wildman–Crippen MR) is 71.4 cm³/mol. The zero-order valence-corrected chi connectivity index (χ0v) is 11.2. The van der Waals surface area contributed by atoms with Gasteiger partial charge >= 0.3 is 0 Å². The number of hydrogen-bond donors (Lipinski definition) is 1. The molecule has 0 saturated heterocycles. The van der Waals surface area contributed by atoms with Crippen molar-refractivity contribution in [3.63, 3.8) is 0 Å². The average Bonchev–Trinajstić information content (AvgIpc) is 2.79. The number of halogens is 5. The molecule has 1 aromatic heterocycles. The molecule has 0 atom stereocenters. The van der Waals surface area contributed by atoms with Crippen molar-refractivity contribution in [1.29, 1.82) is 0 Å². The van der Waals surface area contributed by atoms with Crippen LogP contribution in [0.15, 0.2) is 24.3 Å². The number of hydrogen-bond acceptors (Lipinski definition) is 1. The molecule has 3 rings (SSSR count). The van der Waals surface area contributed by atoms with Gasteiger partial charge in [-0.1, -0.05) is 23.2 Å². The minimum Gasteiger partial charge on any atom is -0.338 e. The fourth-order valence-corrected chi connectivity index (χ4v) is 2.16. The fraction of sp³-hybridized carbons (Fsp3) is 0. The molecule has 0 unspecified atom stereocenters. The first-order chi connectivity index (χ1) is 9.45. The summed E-state index contributed by atoms with van der Waals surface area (Å²) >= 11 is 11.7. The lowest BCUT2D eigenvalue weighted by Crippen LogP contribution is -1.92. The SMILES string of the molecule is Fc1cc(-c2nc3cc(Cl)c(Cl)cc3[nH]2)cc(F)c1F. The highest BCUT2D eigenvalue weighted by Crippen LogP contribution is 2.29. The first kappa shape index (κ1) is 13.3. The lowest BCUT2D eigenvalue weighted by atomic mass is 10.2. The summed E-state index contributed by atoms with van der Waals surface area (Å²) in [6, 6.07) is 4.79. The quantitative estimate of drug-likeness (QED) is 0.632. The molecule has 0 aliphatic heterocycles. The van der Waals surface area contributed by atoms with Crippen LogP contribution in [0.1, 0.15) is 0 Å². The molecule has 1 heterocycles. The van der Waals surface area contributed by atoms with Gasteiger partial charge in [-0.3, -0.25) is 0 Å². The molecule has 3 aromatic rings. The van der Waals surface area contributed by atoms with E-state index in [2.05, 4.69) is 9.97 Å². The van der Waals surface area contributed by atoms with Crippen LogP contribution in [-0.4, -0.2) is 9.97 Å². The van der Waals surface area contributed by atoms with Crippen LogP contribution in [0.2, 0.25) is 10.0 Å². The van der Waals surface area contributed by atoms with E-state index in [0.717, 1.165) is 12.1 Å². The summed E-state index contributed by atoms with van der Waals surface area (Å²) in [4.78, 5) is 6.99. The second-order valence-electron chi connectivity index (χ2n) is 4.12. The van der Waals surface area contributed by atoms with E-state index in [0.29, 0.717) is 21.1 Å². The maximum Gasteiger partial charge on any atom is 0.194 e. The first-order valence-electron chi connectivity index (χ1n) is 5.45. The summed E-state index contributed by atoms with van der Waals surface area (Å²) in [5.74, 6) is -3.89. The van der Waals surface area contributed by atoms with Gasteiger partial charge in [-0.05, 0) is 24.3 Å². The van der Waals surface area contributed by atoms with Crippen molar-refractivity contribution in [2.75, 3.05) is 0 Å². The van der Waals surface area contributed by atoms with Crippen molar-refractivity contribution in [2.24, 2.45) is 0 Å². The number of aromatic amines is 1. The minimum atomic E-state index is -1.52. The number of rotatable bonds is 1. The molecule has 0 amide bonds. The Morgan fingerprint density at radius 1 is 0.900 bits per heavy atom. The van der Waals surface area contributed by atoms with Crippen LogP contribution in [0, 0.1) is 17.5 Å². The Morgan fingerprint density at radius 3 is 2.15 bits per heavy atom. The smallest absolute Gasteiger partial charge is 0.194 e. The number of fused-ring (bicyclic) bond motifs is 1. The van der Waals surface area contributed by atoms with Gasteiger partial charge in [0.1, 0.15) is 5.82 Å². The van der Waals surface area contributed by atoms with E-state index >= 15 is 0 Å². The number of imidazole rings is 1. The van der Waals surface area contributed by atoms with E-state index in [-0.39, 0.29) is 11.4 Å². The third kappa shape index (κ3) is 2.13. The highest BCUT2D eigenvalue weighted by Gasteiger charge is 2.14. The van der Waals surface area contributed by atoms with Crippen LogP contribution in [-0.2, 0) is 0 Å². The third-order valence-electron chi connectivity index (χ3n) is 2.78. The lowest BCUT2D eigenvalue weighted by molar-refractivity contribution is 0.447. The summed E-state index contributed by atoms with van der Waals surface area (Å²) in [5.41, 5.74) is 1.13. The summed E-state index contributed by atoms with van der Waals surface area (Å²) < 4.78 is 39.3. The summed E-state index contributed by atoms with van der Waals surface area (Å²) in [5, 5.41) is 0.638. The maximum absolute atomic E-state index is 13.2. The summed E-state index contributed by atoms with van der Waals surface area (Å²) in [6.45, 7) is 0. The van der Waals surface area contributed by atoms with Gasteiger partial charge in [0.2, 0.25) is 0 Å². The maximum atomic E-state index is 13.2. The predicted octanol–water partition coefficient (Wildman–Crippen LogP) is 4.95. The highest BCUT2D eigenvalue weighted by molar-refractivity contribution is 6.42. The van der Waals surface area contributed by atoms with Crippen LogP contribution >= 0.6 is 23.2 Å². The van der Waals surface area contributed by atoms with Crippen molar-refractivity contribution < 1.29 is 13.2 Å². The van der Waals surface area contributed by atoms with Crippen molar-refractivity contribution in [1.82, 2.24) is 9.97 Å². The third-order valence-corrected chi connectivity index (χ3v) is 3.50. The van der Waals surface area contributed by atoms with Gasteiger partial charge in [0.25, 0.3) is 0 Å². The van der Waals surface area contributed by atoms with Crippen LogP contribution < -0.4 is 0 Å². The molecular weight excluding hydrogens is 312 g/mol. The van der Waals surface area contributed by atoms with Gasteiger partial charge in [-0.15, -0.1) is 0 Å². The monoisotopic (exact) mass is 316 g/mol. The molecule has 0 saturated carbocycles. The molecule has 0 fully saturated rings. The molecule has 1 N–H and O–H groups in total. The van der Waals surface area contributed by atoms with E-state index < -0.39 is 17.5 Å². The first-order valence-corrected chi connectivity index (χ1v) is 6.21. The Balaban J connectivity index is 2.20. The molecule has 2 nitrogen and oxygen atoms in total. The van der Waals surface area contributed by atoms with Gasteiger partial charge in [0.05, 0.1) is 21.1 Å². The molecule has 7 heteroatoms. The summed E-state index contributed by atoms with van der Waals surface area (Å²) in [7, 11) is 0. The van der Waals surface area contributed by atoms with Gasteiger partial charge in [-0.25, -0.2) is 18.2 Å². The molecular formula is C13H5Cl2F3N2. The topological polar surface area (TPSA) is 28.7 Å². The van der Waals surface area contributed by atoms with Crippen LogP contribution in [0.3, 0.4) is 0 Å². The number of benzene rings is 2. The second-order valence-corrected chi connectivity index (χ2v) is 4.94. The Kier molecular flexibility index (Phi) is 3.11. The Morgan fingerprint density at radius 2 is 1.50 bits per heavy atom. The molecule has 20 heavy (non-hydrogen) atoms. The number of aromatic nitrogens is 2. The molecule has 0 aliphatic rings. The highest BCUT2D eigenvalue weighted by atomic mass is 35.5. The Bertz CT molecular complexity index is 768. The van der Waals surface area contributed by atoms with Gasteiger partial charge < -0.3 is 4.98 Å². The van der Waals surface area contributed by atoms with Crippen molar-refractivity contribution in [2.45, 2.75) is 0 Å². The van der Waals surface area contributed by atoms with E-state index in [1.165, 1.54) is 6.07 Å². The Labute approximate surface area is 121 Å². The van der Waals surface area contributed by atoms with Crippen LogP contribution in [0.25, 0.3) is 22.4 Å². The molecule has 0 aliphatic carbocycles. The Hall–Kier alpha value is -1.72.